The summed E-state index contributed by atoms with van der Waals surface area (Å²) < 4.78 is 5.23. The highest BCUT2D eigenvalue weighted by molar-refractivity contribution is 5.92. The number of ether oxygens (including phenoxy) is 1. The van der Waals surface area contributed by atoms with Crippen LogP contribution in [0.1, 0.15) is 48.5 Å². The molecule has 1 aliphatic rings. The van der Waals surface area contributed by atoms with E-state index < -0.39 is 53.0 Å². The van der Waals surface area contributed by atoms with Crippen LogP contribution in [0.5, 0.6) is 0 Å². The summed E-state index contributed by atoms with van der Waals surface area (Å²) in [6, 6.07) is -1.84. The molecule has 1 fully saturated rings. The SMILES string of the molecule is CC1C(O)CN(C(=O)C(NC(=O)OC(C)(C)C)C(C)(C)C)C1C(N)=O. The van der Waals surface area contributed by atoms with Crippen molar-refractivity contribution in [1.82, 2.24) is 10.2 Å². The number of hydrogen-bond acceptors (Lipinski definition) is 5. The summed E-state index contributed by atoms with van der Waals surface area (Å²) in [4.78, 5) is 38.2. The molecular formula is C17H31N3O5. The van der Waals surface area contributed by atoms with Crippen LogP contribution in [0.15, 0.2) is 0 Å². The number of nitrogens with zero attached hydrogens (tertiary/aromatic N) is 1. The highest BCUT2D eigenvalue weighted by Crippen LogP contribution is 2.29. The van der Waals surface area contributed by atoms with Crippen LogP contribution in [0.25, 0.3) is 0 Å². The molecule has 3 amide bonds. The molecule has 1 saturated heterocycles. The molecule has 0 radical (unpaired) electrons. The van der Waals surface area contributed by atoms with Crippen LogP contribution < -0.4 is 11.1 Å². The van der Waals surface area contributed by atoms with E-state index in [1.807, 2.05) is 0 Å². The summed E-state index contributed by atoms with van der Waals surface area (Å²) in [5.41, 5.74) is 4.08. The fourth-order valence-electron chi connectivity index (χ4n) is 2.86. The van der Waals surface area contributed by atoms with Crippen molar-refractivity contribution in [2.24, 2.45) is 17.1 Å². The number of rotatable bonds is 3. The molecule has 4 unspecified atom stereocenters. The van der Waals surface area contributed by atoms with Crippen LogP contribution >= 0.6 is 0 Å². The zero-order chi connectivity index (χ0) is 19.7. The van der Waals surface area contributed by atoms with Gasteiger partial charge in [-0.15, -0.1) is 0 Å². The molecule has 4 atom stereocenters. The second-order valence-corrected chi connectivity index (χ2v) is 8.71. The standard InChI is InChI=1S/C17H31N3O5/c1-9-10(21)8-20(11(9)13(18)22)14(23)12(16(2,3)4)19-15(24)25-17(5,6)7/h9-12,21H,8H2,1-7H3,(H2,18,22)(H,19,24). The number of likely N-dealkylation sites (tertiary alicyclic amines) is 1. The Bertz CT molecular complexity index is 535. The number of primary amides is 1. The summed E-state index contributed by atoms with van der Waals surface area (Å²) in [5, 5.41) is 12.6. The monoisotopic (exact) mass is 357 g/mol. The van der Waals surface area contributed by atoms with E-state index in [4.69, 9.17) is 10.5 Å². The average Bonchev–Trinajstić information content (AvgIpc) is 2.68. The smallest absolute Gasteiger partial charge is 0.408 e. The van der Waals surface area contributed by atoms with E-state index in [1.54, 1.807) is 48.5 Å². The van der Waals surface area contributed by atoms with Crippen molar-refractivity contribution < 1.29 is 24.2 Å². The molecule has 0 aromatic rings. The number of nitrogens with two attached hydrogens (primary N) is 1. The summed E-state index contributed by atoms with van der Waals surface area (Å²) in [7, 11) is 0. The van der Waals surface area contributed by atoms with Gasteiger partial charge in [-0.25, -0.2) is 4.79 Å². The number of hydrogen-bond donors (Lipinski definition) is 3. The summed E-state index contributed by atoms with van der Waals surface area (Å²) in [5.74, 6) is -1.61. The fraction of sp³-hybridized carbons (Fsp3) is 0.824. The van der Waals surface area contributed by atoms with E-state index in [2.05, 4.69) is 5.32 Å². The number of carbonyl (C=O) groups excluding carboxylic acids is 3. The predicted molar refractivity (Wildman–Crippen MR) is 92.5 cm³/mol. The lowest BCUT2D eigenvalue weighted by Crippen LogP contribution is -2.58. The Morgan fingerprint density at radius 3 is 2.12 bits per heavy atom. The van der Waals surface area contributed by atoms with Crippen molar-refractivity contribution in [2.75, 3.05) is 6.54 Å². The van der Waals surface area contributed by atoms with Gasteiger partial charge in [0.25, 0.3) is 0 Å². The quantitative estimate of drug-likeness (QED) is 0.683. The zero-order valence-corrected chi connectivity index (χ0v) is 16.1. The maximum absolute atomic E-state index is 13.0. The van der Waals surface area contributed by atoms with E-state index in [0.717, 1.165) is 0 Å². The van der Waals surface area contributed by atoms with Gasteiger partial charge in [0.05, 0.1) is 6.10 Å². The Morgan fingerprint density at radius 1 is 1.20 bits per heavy atom. The molecule has 1 heterocycles. The van der Waals surface area contributed by atoms with Crippen molar-refractivity contribution in [3.8, 4) is 0 Å². The third-order valence-electron chi connectivity index (χ3n) is 4.17. The van der Waals surface area contributed by atoms with Crippen molar-refractivity contribution >= 4 is 17.9 Å². The Labute approximate surface area is 149 Å². The van der Waals surface area contributed by atoms with Crippen molar-refractivity contribution in [3.05, 3.63) is 0 Å². The second kappa shape index (κ2) is 7.19. The largest absolute Gasteiger partial charge is 0.444 e. The molecule has 0 spiro atoms. The number of nitrogens with one attached hydrogen (secondary N) is 1. The number of β-amino-alcohol motifs (C(OH)–C–C–N with tert-alkyl or cyclic N) is 1. The highest BCUT2D eigenvalue weighted by Gasteiger charge is 2.47. The van der Waals surface area contributed by atoms with Crippen LogP contribution in [0, 0.1) is 11.3 Å². The van der Waals surface area contributed by atoms with Gasteiger partial charge >= 0.3 is 6.09 Å². The molecule has 8 nitrogen and oxygen atoms in total. The third-order valence-corrected chi connectivity index (χ3v) is 4.17. The first-order valence-electron chi connectivity index (χ1n) is 8.42. The Morgan fingerprint density at radius 2 is 1.72 bits per heavy atom. The van der Waals surface area contributed by atoms with Gasteiger partial charge in [-0.3, -0.25) is 9.59 Å². The van der Waals surface area contributed by atoms with Crippen LogP contribution in [-0.4, -0.2) is 58.2 Å². The maximum Gasteiger partial charge on any atom is 0.408 e. The van der Waals surface area contributed by atoms with E-state index in [9.17, 15) is 19.5 Å². The van der Waals surface area contributed by atoms with Gasteiger partial charge in [0, 0.05) is 12.5 Å². The lowest BCUT2D eigenvalue weighted by molar-refractivity contribution is -0.141. The minimum atomic E-state index is -0.929. The molecule has 1 aliphatic heterocycles. The van der Waals surface area contributed by atoms with Crippen LogP contribution in [0.2, 0.25) is 0 Å². The summed E-state index contributed by atoms with van der Waals surface area (Å²) in [6.07, 6.45) is -1.56. The third kappa shape index (κ3) is 5.32. The minimum Gasteiger partial charge on any atom is -0.444 e. The molecule has 0 aromatic carbocycles. The first-order chi connectivity index (χ1) is 11.1. The number of amides is 3. The second-order valence-electron chi connectivity index (χ2n) is 8.71. The van der Waals surface area contributed by atoms with Gasteiger partial charge in [0.15, 0.2) is 0 Å². The molecule has 4 N–H and O–H groups in total. The molecule has 0 bridgehead atoms. The zero-order valence-electron chi connectivity index (χ0n) is 16.1. The molecule has 0 aromatic heterocycles. The van der Waals surface area contributed by atoms with Gasteiger partial charge < -0.3 is 25.8 Å². The maximum atomic E-state index is 13.0. The van der Waals surface area contributed by atoms with Gasteiger partial charge in [0.2, 0.25) is 11.8 Å². The molecular weight excluding hydrogens is 326 g/mol. The van der Waals surface area contributed by atoms with Crippen LogP contribution in [0.4, 0.5) is 4.79 Å². The lowest BCUT2D eigenvalue weighted by Gasteiger charge is -2.35. The van der Waals surface area contributed by atoms with E-state index in [-0.39, 0.29) is 6.54 Å². The number of carbonyl (C=O) groups is 3. The number of aliphatic hydroxyl groups is 1. The van der Waals surface area contributed by atoms with E-state index >= 15 is 0 Å². The van der Waals surface area contributed by atoms with Crippen molar-refractivity contribution in [2.45, 2.75) is 72.3 Å². The molecule has 1 rings (SSSR count). The Hall–Kier alpha value is -1.83. The molecule has 144 valence electrons. The van der Waals surface area contributed by atoms with Gasteiger partial charge in [0.1, 0.15) is 17.7 Å². The average molecular weight is 357 g/mol. The van der Waals surface area contributed by atoms with Gasteiger partial charge in [-0.2, -0.15) is 0 Å². The van der Waals surface area contributed by atoms with Crippen molar-refractivity contribution in [3.63, 3.8) is 0 Å². The topological polar surface area (TPSA) is 122 Å². The minimum absolute atomic E-state index is 0.00378. The number of alkyl carbamates (subject to hydrolysis) is 1. The van der Waals surface area contributed by atoms with Gasteiger partial charge in [-0.1, -0.05) is 27.7 Å². The Kier molecular flexibility index (Phi) is 6.10. The van der Waals surface area contributed by atoms with Crippen molar-refractivity contribution in [1.29, 1.82) is 0 Å². The molecule has 8 heteroatoms. The molecule has 0 saturated carbocycles. The van der Waals surface area contributed by atoms with E-state index in [0.29, 0.717) is 0 Å². The van der Waals surface area contributed by atoms with Crippen LogP contribution in [-0.2, 0) is 14.3 Å². The molecule has 25 heavy (non-hydrogen) atoms. The fourth-order valence-corrected chi connectivity index (χ4v) is 2.86. The predicted octanol–water partition coefficient (Wildman–Crippen LogP) is 0.619. The van der Waals surface area contributed by atoms with Crippen LogP contribution in [0.3, 0.4) is 0 Å². The summed E-state index contributed by atoms with van der Waals surface area (Å²) >= 11 is 0. The summed E-state index contributed by atoms with van der Waals surface area (Å²) in [6.45, 7) is 12.2. The Balaban J connectivity index is 3.05. The highest BCUT2D eigenvalue weighted by atomic mass is 16.6. The molecule has 0 aliphatic carbocycles. The van der Waals surface area contributed by atoms with E-state index in [1.165, 1.54) is 4.90 Å². The normalized spacial score (nSPS) is 25.4. The first kappa shape index (κ1) is 21.2. The first-order valence-corrected chi connectivity index (χ1v) is 8.42. The number of aliphatic hydroxyl groups excluding tert-OH is 1. The van der Waals surface area contributed by atoms with Gasteiger partial charge in [-0.05, 0) is 26.2 Å². The lowest BCUT2D eigenvalue weighted by atomic mass is 9.85.